The van der Waals surface area contributed by atoms with Gasteiger partial charge in [0.2, 0.25) is 0 Å². The molecular weight excluding hydrogens is 434 g/mol. The molecule has 1 aliphatic heterocycles. The van der Waals surface area contributed by atoms with E-state index in [9.17, 15) is 4.79 Å². The number of ether oxygens (including phenoxy) is 1. The zero-order valence-electron chi connectivity index (χ0n) is 18.5. The molecule has 166 valence electrons. The number of halogens is 1. The number of nitrogens with one attached hydrogen (secondary N) is 1. The smallest absolute Gasteiger partial charge is 0.273 e. The minimum absolute atomic E-state index is 0.0307. The Morgan fingerprint density at radius 1 is 1.00 bits per heavy atom. The summed E-state index contributed by atoms with van der Waals surface area (Å²) in [7, 11) is 1.66. The summed E-state index contributed by atoms with van der Waals surface area (Å²) in [5.74, 6) is 0.791. The quantitative estimate of drug-likeness (QED) is 0.396. The number of aromatic amines is 1. The molecule has 1 atom stereocenters. The van der Waals surface area contributed by atoms with Gasteiger partial charge in [0, 0.05) is 22.7 Å². The number of aromatic nitrogens is 2. The SMILES string of the molecule is COc1ccc(CCN2C(=O)c3[nH]nc(-c4ccc(Cl)cc4)c3C2c2ccc(C)cc2)cc1. The number of carbonyl (C=O) groups is 1. The number of rotatable bonds is 6. The maximum atomic E-state index is 13.5. The van der Waals surface area contributed by atoms with Gasteiger partial charge in [0.05, 0.1) is 18.8 Å². The van der Waals surface area contributed by atoms with Crippen molar-refractivity contribution in [2.75, 3.05) is 13.7 Å². The van der Waals surface area contributed by atoms with Crippen LogP contribution < -0.4 is 4.74 Å². The molecule has 1 N–H and O–H groups in total. The van der Waals surface area contributed by atoms with Crippen LogP contribution in [0, 0.1) is 6.92 Å². The van der Waals surface area contributed by atoms with E-state index in [0.29, 0.717) is 17.3 Å². The molecule has 3 aromatic carbocycles. The van der Waals surface area contributed by atoms with E-state index in [1.165, 1.54) is 5.56 Å². The summed E-state index contributed by atoms with van der Waals surface area (Å²) in [6, 6.07) is 23.7. The second kappa shape index (κ2) is 8.75. The number of benzene rings is 3. The second-order valence-corrected chi connectivity index (χ2v) is 8.71. The topological polar surface area (TPSA) is 58.2 Å². The van der Waals surface area contributed by atoms with Gasteiger partial charge in [0.15, 0.2) is 0 Å². The third-order valence-electron chi connectivity index (χ3n) is 6.17. The van der Waals surface area contributed by atoms with E-state index >= 15 is 0 Å². The summed E-state index contributed by atoms with van der Waals surface area (Å²) in [5, 5.41) is 8.20. The lowest BCUT2D eigenvalue weighted by molar-refractivity contribution is 0.0746. The lowest BCUT2D eigenvalue weighted by Gasteiger charge is -2.26. The van der Waals surface area contributed by atoms with Gasteiger partial charge in [-0.3, -0.25) is 9.89 Å². The van der Waals surface area contributed by atoms with Crippen molar-refractivity contribution in [1.29, 1.82) is 0 Å². The number of amides is 1. The molecule has 1 unspecified atom stereocenters. The number of hydrogen-bond acceptors (Lipinski definition) is 3. The number of H-pyrrole nitrogens is 1. The van der Waals surface area contributed by atoms with Crippen molar-refractivity contribution in [1.82, 2.24) is 15.1 Å². The van der Waals surface area contributed by atoms with E-state index in [2.05, 4.69) is 41.4 Å². The number of carbonyl (C=O) groups excluding carboxylic acids is 1. The second-order valence-electron chi connectivity index (χ2n) is 8.28. The van der Waals surface area contributed by atoms with Crippen molar-refractivity contribution in [2.45, 2.75) is 19.4 Å². The van der Waals surface area contributed by atoms with Crippen molar-refractivity contribution >= 4 is 17.5 Å². The zero-order chi connectivity index (χ0) is 22.9. The minimum Gasteiger partial charge on any atom is -0.497 e. The van der Waals surface area contributed by atoms with E-state index in [4.69, 9.17) is 16.3 Å². The van der Waals surface area contributed by atoms with Gasteiger partial charge in [-0.05, 0) is 48.7 Å². The van der Waals surface area contributed by atoms with Crippen LogP contribution in [0.1, 0.15) is 38.8 Å². The average molecular weight is 458 g/mol. The summed E-state index contributed by atoms with van der Waals surface area (Å²) in [6.45, 7) is 2.65. The summed E-state index contributed by atoms with van der Waals surface area (Å²) in [6.07, 6.45) is 0.742. The fourth-order valence-electron chi connectivity index (χ4n) is 4.39. The average Bonchev–Trinajstić information content (AvgIpc) is 3.38. The Morgan fingerprint density at radius 3 is 2.36 bits per heavy atom. The van der Waals surface area contributed by atoms with Gasteiger partial charge in [-0.1, -0.05) is 65.7 Å². The van der Waals surface area contributed by atoms with Gasteiger partial charge >= 0.3 is 0 Å². The number of fused-ring (bicyclic) bond motifs is 1. The Kier molecular flexibility index (Phi) is 5.65. The fourth-order valence-corrected chi connectivity index (χ4v) is 4.52. The Morgan fingerprint density at radius 2 is 1.70 bits per heavy atom. The van der Waals surface area contributed by atoms with Gasteiger partial charge in [0.1, 0.15) is 11.4 Å². The maximum Gasteiger partial charge on any atom is 0.273 e. The summed E-state index contributed by atoms with van der Waals surface area (Å²) >= 11 is 6.10. The van der Waals surface area contributed by atoms with Gasteiger partial charge in [-0.15, -0.1) is 0 Å². The highest BCUT2D eigenvalue weighted by Gasteiger charge is 2.41. The molecule has 1 aromatic heterocycles. The molecule has 4 aromatic rings. The molecule has 1 aliphatic rings. The van der Waals surface area contributed by atoms with Crippen LogP contribution in [0.5, 0.6) is 5.75 Å². The molecule has 2 heterocycles. The molecule has 0 saturated heterocycles. The van der Waals surface area contributed by atoms with Crippen LogP contribution in [-0.2, 0) is 6.42 Å². The third-order valence-corrected chi connectivity index (χ3v) is 6.43. The van der Waals surface area contributed by atoms with E-state index in [1.807, 2.05) is 53.4 Å². The maximum absolute atomic E-state index is 13.5. The number of nitrogens with zero attached hydrogens (tertiary/aromatic N) is 2. The van der Waals surface area contributed by atoms with Crippen molar-refractivity contribution in [3.05, 3.63) is 106 Å². The van der Waals surface area contributed by atoms with Crippen LogP contribution in [0.25, 0.3) is 11.3 Å². The van der Waals surface area contributed by atoms with Gasteiger partial charge in [-0.2, -0.15) is 5.10 Å². The minimum atomic E-state index is -0.212. The molecule has 0 saturated carbocycles. The Bertz CT molecular complexity index is 1280. The zero-order valence-corrected chi connectivity index (χ0v) is 19.3. The van der Waals surface area contributed by atoms with Gasteiger partial charge in [0.25, 0.3) is 5.91 Å². The Balaban J connectivity index is 1.53. The third kappa shape index (κ3) is 4.00. The monoisotopic (exact) mass is 457 g/mol. The fraction of sp³-hybridized carbons (Fsp3) is 0.185. The first-order valence-corrected chi connectivity index (χ1v) is 11.3. The van der Waals surface area contributed by atoms with Crippen molar-refractivity contribution in [3.8, 4) is 17.0 Å². The van der Waals surface area contributed by atoms with Gasteiger partial charge in [-0.25, -0.2) is 0 Å². The number of aryl methyl sites for hydroxylation is 1. The van der Waals surface area contributed by atoms with Crippen LogP contribution in [0.3, 0.4) is 0 Å². The van der Waals surface area contributed by atoms with Crippen LogP contribution >= 0.6 is 11.6 Å². The lowest BCUT2D eigenvalue weighted by atomic mass is 9.95. The molecule has 5 nitrogen and oxygen atoms in total. The van der Waals surface area contributed by atoms with Crippen LogP contribution in [-0.4, -0.2) is 34.7 Å². The first-order chi connectivity index (χ1) is 16.0. The Hall–Kier alpha value is -3.57. The first-order valence-electron chi connectivity index (χ1n) is 10.9. The van der Waals surface area contributed by atoms with Crippen molar-refractivity contribution < 1.29 is 9.53 Å². The highest BCUT2D eigenvalue weighted by molar-refractivity contribution is 6.30. The molecule has 0 fully saturated rings. The summed E-state index contributed by atoms with van der Waals surface area (Å²) in [5.41, 5.74) is 6.59. The molecule has 33 heavy (non-hydrogen) atoms. The molecule has 0 radical (unpaired) electrons. The van der Waals surface area contributed by atoms with E-state index in [1.54, 1.807) is 7.11 Å². The molecular formula is C27H24ClN3O2. The molecule has 6 heteroatoms. The molecule has 0 aliphatic carbocycles. The number of methoxy groups -OCH3 is 1. The summed E-state index contributed by atoms with van der Waals surface area (Å²) < 4.78 is 5.26. The van der Waals surface area contributed by atoms with E-state index < -0.39 is 0 Å². The van der Waals surface area contributed by atoms with Gasteiger partial charge < -0.3 is 9.64 Å². The van der Waals surface area contributed by atoms with E-state index in [0.717, 1.165) is 40.1 Å². The highest BCUT2D eigenvalue weighted by Crippen LogP contribution is 2.43. The molecule has 1 amide bonds. The molecule has 0 spiro atoms. The molecule has 5 rings (SSSR count). The van der Waals surface area contributed by atoms with E-state index in [-0.39, 0.29) is 11.9 Å². The number of hydrogen-bond donors (Lipinski definition) is 1. The lowest BCUT2D eigenvalue weighted by Crippen LogP contribution is -2.31. The standard InChI is InChI=1S/C27H24ClN3O2/c1-17-3-7-20(8-4-17)26-23-24(19-9-11-21(28)12-10-19)29-30-25(23)27(32)31(26)16-15-18-5-13-22(33-2)14-6-18/h3-14,26H,15-16H2,1-2H3,(H,29,30). The van der Waals surface area contributed by atoms with Crippen LogP contribution in [0.4, 0.5) is 0 Å². The molecule has 0 bridgehead atoms. The first kappa shape index (κ1) is 21.3. The predicted octanol–water partition coefficient (Wildman–Crippen LogP) is 5.84. The predicted molar refractivity (Wildman–Crippen MR) is 130 cm³/mol. The van der Waals surface area contributed by atoms with Crippen LogP contribution in [0.2, 0.25) is 5.02 Å². The summed E-state index contributed by atoms with van der Waals surface area (Å²) in [4.78, 5) is 15.4. The highest BCUT2D eigenvalue weighted by atomic mass is 35.5. The van der Waals surface area contributed by atoms with Crippen LogP contribution in [0.15, 0.2) is 72.8 Å². The normalized spacial score (nSPS) is 15.1. The largest absolute Gasteiger partial charge is 0.497 e. The van der Waals surface area contributed by atoms with Crippen molar-refractivity contribution in [3.63, 3.8) is 0 Å². The Labute approximate surface area is 198 Å². The van der Waals surface area contributed by atoms with Crippen molar-refractivity contribution in [2.24, 2.45) is 0 Å².